The molecule has 0 radical (unpaired) electrons. The van der Waals surface area contributed by atoms with Crippen molar-refractivity contribution >= 4 is 25.2 Å². The number of pyridine rings is 1. The maximum absolute atomic E-state index is 12.1. The molecule has 200 valence electrons. The van der Waals surface area contributed by atoms with Crippen molar-refractivity contribution in [2.24, 2.45) is 0 Å². The summed E-state index contributed by atoms with van der Waals surface area (Å²) in [4.78, 5) is 16.7. The van der Waals surface area contributed by atoms with Crippen LogP contribution in [0.15, 0.2) is 72.8 Å². The first kappa shape index (κ1) is 27.8. The molecule has 2 aromatic carbocycles. The Hall–Kier alpha value is -3.22. The lowest BCUT2D eigenvalue weighted by Gasteiger charge is -2.42. The zero-order chi connectivity index (χ0) is 27.4. The quantitative estimate of drug-likeness (QED) is 0.154. The first-order valence-corrected chi connectivity index (χ1v) is 15.7. The van der Waals surface area contributed by atoms with Gasteiger partial charge in [-0.1, -0.05) is 90.1 Å². The van der Waals surface area contributed by atoms with E-state index in [1.165, 1.54) is 12.7 Å². The number of ether oxygens (including phenoxy) is 1. The summed E-state index contributed by atoms with van der Waals surface area (Å²) < 4.78 is 14.1. The minimum Gasteiger partial charge on any atom is -0.464 e. The van der Waals surface area contributed by atoms with Gasteiger partial charge < -0.3 is 13.7 Å². The summed E-state index contributed by atoms with van der Waals surface area (Å²) in [7, 11) is -0.604. The van der Waals surface area contributed by atoms with Gasteiger partial charge in [0, 0.05) is 16.6 Å². The van der Waals surface area contributed by atoms with Crippen LogP contribution in [0.2, 0.25) is 16.6 Å². The molecular formula is C32H40N2O3Si. The first-order chi connectivity index (χ1) is 18.2. The summed E-state index contributed by atoms with van der Waals surface area (Å²) in [6.45, 7) is 15.1. The van der Waals surface area contributed by atoms with E-state index in [4.69, 9.17) is 9.16 Å². The van der Waals surface area contributed by atoms with Crippen molar-refractivity contribution in [3.05, 3.63) is 89.7 Å². The van der Waals surface area contributed by atoms with Gasteiger partial charge in [0.2, 0.25) is 8.32 Å². The zero-order valence-corrected chi connectivity index (χ0v) is 24.7. The van der Waals surface area contributed by atoms with E-state index in [-0.39, 0.29) is 0 Å². The van der Waals surface area contributed by atoms with Crippen LogP contribution in [0.4, 0.5) is 0 Å². The Morgan fingerprint density at radius 1 is 0.868 bits per heavy atom. The average molecular weight is 529 g/mol. The number of esters is 1. The van der Waals surface area contributed by atoms with E-state index in [1.54, 1.807) is 6.07 Å². The topological polar surface area (TPSA) is 53.4 Å². The van der Waals surface area contributed by atoms with Gasteiger partial charge in [0.15, 0.2) is 0 Å². The summed E-state index contributed by atoms with van der Waals surface area (Å²) in [6.07, 6.45) is 0. The molecule has 0 N–H and O–H groups in total. The number of rotatable bonds is 10. The van der Waals surface area contributed by atoms with Crippen molar-refractivity contribution in [2.75, 3.05) is 7.11 Å². The summed E-state index contributed by atoms with van der Waals surface area (Å²) in [5.74, 6) is -0.431. The molecule has 6 heteroatoms. The maximum Gasteiger partial charge on any atom is 0.356 e. The molecule has 4 aromatic rings. The maximum atomic E-state index is 12.1. The highest BCUT2D eigenvalue weighted by Gasteiger charge is 2.44. The third-order valence-corrected chi connectivity index (χ3v) is 13.8. The standard InChI is InChI=1S/C32H40N2O3Si/c1-22(2)38(23(3)4,24(5)6)37-21-25-16-17-27-19-31(26-12-9-8-10-13-26)34(30(27)18-25)20-28-14-11-15-29(33-28)32(35)36-7/h8-19,22-24H,20-21H2,1-7H3. The van der Waals surface area contributed by atoms with Gasteiger partial charge in [-0.05, 0) is 52.0 Å². The smallest absolute Gasteiger partial charge is 0.356 e. The second kappa shape index (κ2) is 11.7. The van der Waals surface area contributed by atoms with Gasteiger partial charge in [0.05, 0.1) is 26.0 Å². The number of benzene rings is 2. The molecule has 0 spiro atoms. The van der Waals surface area contributed by atoms with Crippen LogP contribution >= 0.6 is 0 Å². The first-order valence-electron chi connectivity index (χ1n) is 13.5. The molecule has 4 rings (SSSR count). The van der Waals surface area contributed by atoms with Crippen molar-refractivity contribution < 1.29 is 14.0 Å². The highest BCUT2D eigenvalue weighted by molar-refractivity contribution is 6.77. The van der Waals surface area contributed by atoms with Crippen molar-refractivity contribution in [1.29, 1.82) is 0 Å². The minimum atomic E-state index is -1.98. The molecule has 0 fully saturated rings. The van der Waals surface area contributed by atoms with Crippen LogP contribution in [-0.4, -0.2) is 30.9 Å². The third kappa shape index (κ3) is 5.47. The van der Waals surface area contributed by atoms with Gasteiger partial charge in [-0.25, -0.2) is 9.78 Å². The van der Waals surface area contributed by atoms with E-state index in [1.807, 2.05) is 18.2 Å². The Balaban J connectivity index is 1.76. The fraction of sp³-hybridized carbons (Fsp3) is 0.375. The Morgan fingerprint density at radius 2 is 1.55 bits per heavy atom. The third-order valence-electron chi connectivity index (χ3n) is 7.76. The molecule has 5 nitrogen and oxygen atoms in total. The van der Waals surface area contributed by atoms with Gasteiger partial charge in [-0.15, -0.1) is 0 Å². The van der Waals surface area contributed by atoms with E-state index in [9.17, 15) is 4.79 Å². The van der Waals surface area contributed by atoms with Crippen LogP contribution in [0.1, 0.15) is 63.3 Å². The monoisotopic (exact) mass is 528 g/mol. The average Bonchev–Trinajstić information content (AvgIpc) is 3.26. The van der Waals surface area contributed by atoms with E-state index in [0.717, 1.165) is 27.9 Å². The molecule has 0 amide bonds. The van der Waals surface area contributed by atoms with Crippen LogP contribution in [-0.2, 0) is 22.3 Å². The van der Waals surface area contributed by atoms with E-state index >= 15 is 0 Å². The number of methoxy groups -OCH3 is 1. The predicted molar refractivity (Wildman–Crippen MR) is 158 cm³/mol. The number of hydrogen-bond acceptors (Lipinski definition) is 4. The van der Waals surface area contributed by atoms with Crippen LogP contribution in [0.25, 0.3) is 22.2 Å². The van der Waals surface area contributed by atoms with Crippen molar-refractivity contribution in [2.45, 2.75) is 71.3 Å². The number of carbonyl (C=O) groups excluding carboxylic acids is 1. The number of fused-ring (bicyclic) bond motifs is 1. The van der Waals surface area contributed by atoms with Crippen LogP contribution in [0.5, 0.6) is 0 Å². The van der Waals surface area contributed by atoms with Crippen LogP contribution < -0.4 is 0 Å². The minimum absolute atomic E-state index is 0.314. The molecule has 0 unspecified atom stereocenters. The lowest BCUT2D eigenvalue weighted by molar-refractivity contribution is 0.0593. The summed E-state index contributed by atoms with van der Waals surface area (Å²) in [5, 5.41) is 1.16. The number of hydrogen-bond donors (Lipinski definition) is 0. The van der Waals surface area contributed by atoms with Crippen molar-refractivity contribution in [1.82, 2.24) is 9.55 Å². The number of aromatic nitrogens is 2. The molecule has 0 bridgehead atoms. The van der Waals surface area contributed by atoms with E-state index in [0.29, 0.717) is 35.5 Å². The molecule has 38 heavy (non-hydrogen) atoms. The second-order valence-electron chi connectivity index (χ2n) is 11.0. The molecule has 0 aliphatic heterocycles. The van der Waals surface area contributed by atoms with Crippen molar-refractivity contribution in [3.8, 4) is 11.3 Å². The highest BCUT2D eigenvalue weighted by Crippen LogP contribution is 2.43. The Kier molecular flexibility index (Phi) is 8.53. The molecule has 0 saturated heterocycles. The SMILES string of the molecule is COC(=O)c1cccc(Cn2c(-c3ccccc3)cc3ccc(CO[Si](C(C)C)(C(C)C)C(C)C)cc32)n1. The number of carbonyl (C=O) groups is 1. The largest absolute Gasteiger partial charge is 0.464 e. The van der Waals surface area contributed by atoms with Crippen LogP contribution in [0.3, 0.4) is 0 Å². The normalized spacial score (nSPS) is 12.2. The molecule has 2 heterocycles. The van der Waals surface area contributed by atoms with Gasteiger partial charge >= 0.3 is 5.97 Å². The summed E-state index contributed by atoms with van der Waals surface area (Å²) >= 11 is 0. The highest BCUT2D eigenvalue weighted by atomic mass is 28.4. The Bertz CT molecular complexity index is 1370. The molecule has 0 aliphatic rings. The fourth-order valence-electron chi connectivity index (χ4n) is 6.06. The van der Waals surface area contributed by atoms with Gasteiger partial charge in [-0.3, -0.25) is 0 Å². The predicted octanol–water partition coefficient (Wildman–Crippen LogP) is 8.23. The Morgan fingerprint density at radius 3 is 2.18 bits per heavy atom. The Labute approximate surface area is 228 Å². The number of nitrogens with zero attached hydrogens (tertiary/aromatic N) is 2. The van der Waals surface area contributed by atoms with Crippen molar-refractivity contribution in [3.63, 3.8) is 0 Å². The second-order valence-corrected chi connectivity index (χ2v) is 16.4. The van der Waals surface area contributed by atoms with E-state index in [2.05, 4.69) is 99.6 Å². The molecular weight excluding hydrogens is 488 g/mol. The molecule has 0 saturated carbocycles. The molecule has 2 aromatic heterocycles. The summed E-state index contributed by atoms with van der Waals surface area (Å²) in [6, 6.07) is 24.8. The van der Waals surface area contributed by atoms with Gasteiger partial charge in [-0.2, -0.15) is 0 Å². The van der Waals surface area contributed by atoms with Gasteiger partial charge in [0.1, 0.15) is 5.69 Å². The lowest BCUT2D eigenvalue weighted by atomic mass is 10.1. The summed E-state index contributed by atoms with van der Waals surface area (Å²) in [5.41, 5.74) is 7.27. The lowest BCUT2D eigenvalue weighted by Crippen LogP contribution is -2.47. The zero-order valence-electron chi connectivity index (χ0n) is 23.7. The van der Waals surface area contributed by atoms with E-state index < -0.39 is 14.3 Å². The fourth-order valence-corrected chi connectivity index (χ4v) is 11.5. The molecule has 0 aliphatic carbocycles. The van der Waals surface area contributed by atoms with Crippen LogP contribution in [0, 0.1) is 0 Å². The molecule has 0 atom stereocenters. The van der Waals surface area contributed by atoms with Gasteiger partial charge in [0.25, 0.3) is 0 Å².